The van der Waals surface area contributed by atoms with Crippen LogP contribution in [-0.4, -0.2) is 36.0 Å². The van der Waals surface area contributed by atoms with Gasteiger partial charge in [-0.2, -0.15) is 0 Å². The average molecular weight is 372 g/mol. The fourth-order valence-corrected chi connectivity index (χ4v) is 2.74. The van der Waals surface area contributed by atoms with Crippen molar-refractivity contribution in [1.29, 1.82) is 0 Å². The summed E-state index contributed by atoms with van der Waals surface area (Å²) in [7, 11) is 0. The third kappa shape index (κ3) is 4.41. The first-order valence-corrected chi connectivity index (χ1v) is 8.24. The SMILES string of the molecule is O=C(COc1ccc(N2C[C@H](C(=O)O)CC2=O)cc1)Nc1ccccc1F. The minimum atomic E-state index is -0.994. The van der Waals surface area contributed by atoms with Crippen LogP contribution in [0.25, 0.3) is 0 Å². The van der Waals surface area contributed by atoms with E-state index in [4.69, 9.17) is 9.84 Å². The smallest absolute Gasteiger partial charge is 0.308 e. The van der Waals surface area contributed by atoms with Crippen LogP contribution >= 0.6 is 0 Å². The Morgan fingerprint density at radius 2 is 1.89 bits per heavy atom. The number of carboxylic acids is 1. The number of nitrogens with zero attached hydrogens (tertiary/aromatic N) is 1. The quantitative estimate of drug-likeness (QED) is 0.811. The van der Waals surface area contributed by atoms with Crippen molar-refractivity contribution < 1.29 is 28.6 Å². The maximum absolute atomic E-state index is 13.5. The summed E-state index contributed by atoms with van der Waals surface area (Å²) in [5.41, 5.74) is 0.633. The lowest BCUT2D eigenvalue weighted by atomic mass is 10.1. The van der Waals surface area contributed by atoms with Crippen molar-refractivity contribution in [2.75, 3.05) is 23.4 Å². The van der Waals surface area contributed by atoms with E-state index in [0.29, 0.717) is 11.4 Å². The number of rotatable bonds is 6. The van der Waals surface area contributed by atoms with Gasteiger partial charge in [0.25, 0.3) is 5.91 Å². The minimum Gasteiger partial charge on any atom is -0.484 e. The number of carbonyl (C=O) groups excluding carboxylic acids is 2. The maximum atomic E-state index is 13.5. The largest absolute Gasteiger partial charge is 0.484 e. The van der Waals surface area contributed by atoms with E-state index in [1.807, 2.05) is 0 Å². The fraction of sp³-hybridized carbons (Fsp3) is 0.211. The topological polar surface area (TPSA) is 95.9 Å². The van der Waals surface area contributed by atoms with Gasteiger partial charge in [-0.3, -0.25) is 14.4 Å². The van der Waals surface area contributed by atoms with Crippen LogP contribution in [0.15, 0.2) is 48.5 Å². The Hall–Kier alpha value is -3.42. The highest BCUT2D eigenvalue weighted by Gasteiger charge is 2.34. The van der Waals surface area contributed by atoms with Gasteiger partial charge in [0.2, 0.25) is 5.91 Å². The summed E-state index contributed by atoms with van der Waals surface area (Å²) >= 11 is 0. The molecule has 1 aliphatic heterocycles. The van der Waals surface area contributed by atoms with Gasteiger partial charge in [-0.25, -0.2) is 4.39 Å². The van der Waals surface area contributed by atoms with E-state index in [2.05, 4.69) is 5.32 Å². The van der Waals surface area contributed by atoms with E-state index in [1.165, 1.54) is 23.1 Å². The van der Waals surface area contributed by atoms with Crippen molar-refractivity contribution in [2.45, 2.75) is 6.42 Å². The molecule has 1 aliphatic rings. The molecule has 27 heavy (non-hydrogen) atoms. The molecule has 0 bridgehead atoms. The second kappa shape index (κ2) is 7.86. The molecule has 140 valence electrons. The van der Waals surface area contributed by atoms with E-state index in [-0.39, 0.29) is 31.2 Å². The van der Waals surface area contributed by atoms with E-state index in [9.17, 15) is 18.8 Å². The van der Waals surface area contributed by atoms with E-state index in [1.54, 1.807) is 30.3 Å². The summed E-state index contributed by atoms with van der Waals surface area (Å²) in [5.74, 6) is -2.61. The van der Waals surface area contributed by atoms with Crippen LogP contribution < -0.4 is 15.0 Å². The highest BCUT2D eigenvalue weighted by Crippen LogP contribution is 2.27. The number of halogens is 1. The summed E-state index contributed by atoms with van der Waals surface area (Å²) in [4.78, 5) is 36.2. The number of anilines is 2. The number of benzene rings is 2. The number of hydrogen-bond acceptors (Lipinski definition) is 4. The van der Waals surface area contributed by atoms with E-state index < -0.39 is 23.6 Å². The molecular weight excluding hydrogens is 355 g/mol. The molecule has 0 spiro atoms. The summed E-state index contributed by atoms with van der Waals surface area (Å²) in [6.07, 6.45) is -0.0240. The molecule has 1 saturated heterocycles. The third-order valence-corrected chi connectivity index (χ3v) is 4.14. The van der Waals surface area contributed by atoms with Gasteiger partial charge in [-0.15, -0.1) is 0 Å². The molecule has 1 heterocycles. The Bertz CT molecular complexity index is 869. The molecule has 1 atom stereocenters. The molecule has 2 N–H and O–H groups in total. The first-order valence-electron chi connectivity index (χ1n) is 8.24. The second-order valence-corrected chi connectivity index (χ2v) is 6.05. The van der Waals surface area contributed by atoms with Crippen LogP contribution in [0.3, 0.4) is 0 Å². The first kappa shape index (κ1) is 18.4. The maximum Gasteiger partial charge on any atom is 0.308 e. The predicted molar refractivity (Wildman–Crippen MR) is 95.1 cm³/mol. The Morgan fingerprint density at radius 1 is 1.19 bits per heavy atom. The molecule has 1 fully saturated rings. The van der Waals surface area contributed by atoms with Crippen LogP contribution in [0.1, 0.15) is 6.42 Å². The van der Waals surface area contributed by atoms with Crippen molar-refractivity contribution in [3.8, 4) is 5.75 Å². The third-order valence-electron chi connectivity index (χ3n) is 4.14. The van der Waals surface area contributed by atoms with Gasteiger partial charge >= 0.3 is 5.97 Å². The lowest BCUT2D eigenvalue weighted by Gasteiger charge is -2.16. The Balaban J connectivity index is 1.55. The van der Waals surface area contributed by atoms with Gasteiger partial charge in [0.15, 0.2) is 6.61 Å². The summed E-state index contributed by atoms with van der Waals surface area (Å²) in [6.45, 7) is -0.184. The fourth-order valence-electron chi connectivity index (χ4n) is 2.74. The predicted octanol–water partition coefficient (Wildman–Crippen LogP) is 2.28. The van der Waals surface area contributed by atoms with Crippen molar-refractivity contribution in [3.05, 3.63) is 54.3 Å². The first-order chi connectivity index (χ1) is 12.9. The Labute approximate surface area is 154 Å². The Morgan fingerprint density at radius 3 is 2.52 bits per heavy atom. The number of para-hydroxylation sites is 1. The van der Waals surface area contributed by atoms with Gasteiger partial charge in [0.05, 0.1) is 11.6 Å². The summed E-state index contributed by atoms with van der Waals surface area (Å²) < 4.78 is 18.8. The van der Waals surface area contributed by atoms with Crippen LogP contribution in [0, 0.1) is 11.7 Å². The zero-order chi connectivity index (χ0) is 19.4. The standard InChI is InChI=1S/C19H17FN2O5/c20-15-3-1-2-4-16(15)21-17(23)11-27-14-7-5-13(6-8-14)22-10-12(19(25)26)9-18(22)24/h1-8,12H,9-11H2,(H,21,23)(H,25,26)/t12-/m1/s1. The molecule has 8 heteroatoms. The monoisotopic (exact) mass is 372 g/mol. The second-order valence-electron chi connectivity index (χ2n) is 6.05. The summed E-state index contributed by atoms with van der Waals surface area (Å²) in [5, 5.41) is 11.4. The van der Waals surface area contributed by atoms with Crippen LogP contribution in [0.5, 0.6) is 5.75 Å². The summed E-state index contributed by atoms with van der Waals surface area (Å²) in [6, 6.07) is 12.2. The average Bonchev–Trinajstić information content (AvgIpc) is 3.04. The van der Waals surface area contributed by atoms with Crippen molar-refractivity contribution in [2.24, 2.45) is 5.92 Å². The van der Waals surface area contributed by atoms with Gasteiger partial charge in [-0.1, -0.05) is 12.1 Å². The normalized spacial score (nSPS) is 16.3. The lowest BCUT2D eigenvalue weighted by Crippen LogP contribution is -2.25. The minimum absolute atomic E-state index is 0.0240. The molecular formula is C19H17FN2O5. The molecule has 0 unspecified atom stereocenters. The number of hydrogen-bond donors (Lipinski definition) is 2. The van der Waals surface area contributed by atoms with Gasteiger partial charge in [0, 0.05) is 18.7 Å². The van der Waals surface area contributed by atoms with Crippen LogP contribution in [-0.2, 0) is 14.4 Å². The number of nitrogens with one attached hydrogen (secondary N) is 1. The molecule has 3 rings (SSSR count). The molecule has 7 nitrogen and oxygen atoms in total. The van der Waals surface area contributed by atoms with Gasteiger partial charge in [-0.05, 0) is 36.4 Å². The number of amides is 2. The van der Waals surface area contributed by atoms with Crippen LogP contribution in [0.2, 0.25) is 0 Å². The van der Waals surface area contributed by atoms with Crippen LogP contribution in [0.4, 0.5) is 15.8 Å². The van der Waals surface area contributed by atoms with Gasteiger partial charge in [0.1, 0.15) is 11.6 Å². The van der Waals surface area contributed by atoms with Crippen molar-refractivity contribution in [3.63, 3.8) is 0 Å². The number of aliphatic carboxylic acids is 1. The highest BCUT2D eigenvalue weighted by molar-refractivity contribution is 5.99. The highest BCUT2D eigenvalue weighted by atomic mass is 19.1. The number of carboxylic acid groups (broad SMARTS) is 1. The van der Waals surface area contributed by atoms with Crippen molar-refractivity contribution in [1.82, 2.24) is 0 Å². The number of carbonyl (C=O) groups is 3. The number of ether oxygens (including phenoxy) is 1. The van der Waals surface area contributed by atoms with Crippen molar-refractivity contribution >= 4 is 29.2 Å². The lowest BCUT2D eigenvalue weighted by molar-refractivity contribution is -0.141. The van der Waals surface area contributed by atoms with E-state index in [0.717, 1.165) is 0 Å². The van der Waals surface area contributed by atoms with Gasteiger partial charge < -0.3 is 20.1 Å². The molecule has 2 aromatic carbocycles. The molecule has 0 aliphatic carbocycles. The zero-order valence-electron chi connectivity index (χ0n) is 14.2. The zero-order valence-corrected chi connectivity index (χ0v) is 14.2. The Kier molecular flexibility index (Phi) is 5.35. The van der Waals surface area contributed by atoms with E-state index >= 15 is 0 Å². The molecule has 2 aromatic rings. The molecule has 0 aromatic heterocycles. The molecule has 0 saturated carbocycles. The molecule has 2 amide bonds. The molecule has 0 radical (unpaired) electrons.